The summed E-state index contributed by atoms with van der Waals surface area (Å²) in [6.07, 6.45) is 1.02. The van der Waals surface area contributed by atoms with E-state index in [9.17, 15) is 4.79 Å². The molecule has 1 saturated heterocycles. The maximum absolute atomic E-state index is 11.4. The Bertz CT molecular complexity index is 170. The molecule has 0 aliphatic carbocycles. The monoisotopic (exact) mass is 171 g/mol. The molecule has 0 bridgehead atoms. The number of amides is 1. The van der Waals surface area contributed by atoms with Gasteiger partial charge in [-0.3, -0.25) is 4.79 Å². The molecule has 1 rings (SSSR count). The van der Waals surface area contributed by atoms with Gasteiger partial charge in [0.25, 0.3) is 0 Å². The van der Waals surface area contributed by atoms with E-state index in [4.69, 9.17) is 11.5 Å². The third-order valence-corrected chi connectivity index (χ3v) is 2.32. The first-order valence-corrected chi connectivity index (χ1v) is 4.39. The zero-order valence-corrected chi connectivity index (χ0v) is 7.49. The van der Waals surface area contributed by atoms with Crippen molar-refractivity contribution in [3.8, 4) is 0 Å². The lowest BCUT2D eigenvalue weighted by Gasteiger charge is -2.18. The van der Waals surface area contributed by atoms with Crippen LogP contribution in [0.1, 0.15) is 13.3 Å². The molecule has 0 aromatic rings. The van der Waals surface area contributed by atoms with Crippen LogP contribution in [0.4, 0.5) is 0 Å². The molecule has 0 aromatic carbocycles. The number of hydrogen-bond acceptors (Lipinski definition) is 3. The van der Waals surface area contributed by atoms with Gasteiger partial charge in [-0.05, 0) is 25.8 Å². The van der Waals surface area contributed by atoms with E-state index in [1.165, 1.54) is 0 Å². The van der Waals surface area contributed by atoms with Crippen molar-refractivity contribution in [2.45, 2.75) is 19.4 Å². The molecule has 70 valence electrons. The van der Waals surface area contributed by atoms with Crippen LogP contribution < -0.4 is 11.5 Å². The van der Waals surface area contributed by atoms with Crippen molar-refractivity contribution >= 4 is 5.91 Å². The lowest BCUT2D eigenvalue weighted by molar-refractivity contribution is -0.131. The van der Waals surface area contributed by atoms with Gasteiger partial charge in [0, 0.05) is 13.1 Å². The standard InChI is InChI=1S/C8H17N3O/c1-6(10)8(12)11-3-2-7(4-9)5-11/h6-7H,2-5,9-10H2,1H3/t6-,7?/m1/s1. The average molecular weight is 171 g/mol. The second kappa shape index (κ2) is 3.87. The van der Waals surface area contributed by atoms with Gasteiger partial charge < -0.3 is 16.4 Å². The lowest BCUT2D eigenvalue weighted by atomic mass is 10.1. The molecule has 2 atom stereocenters. The summed E-state index contributed by atoms with van der Waals surface area (Å²) >= 11 is 0. The Balaban J connectivity index is 2.41. The van der Waals surface area contributed by atoms with Crippen molar-refractivity contribution in [2.24, 2.45) is 17.4 Å². The van der Waals surface area contributed by atoms with Crippen LogP contribution in [-0.2, 0) is 4.79 Å². The second-order valence-electron chi connectivity index (χ2n) is 3.46. The molecule has 1 unspecified atom stereocenters. The third kappa shape index (κ3) is 1.95. The Labute approximate surface area is 72.9 Å². The summed E-state index contributed by atoms with van der Waals surface area (Å²) in [5.41, 5.74) is 11.0. The number of rotatable bonds is 2. The summed E-state index contributed by atoms with van der Waals surface area (Å²) in [4.78, 5) is 13.2. The van der Waals surface area contributed by atoms with E-state index in [2.05, 4.69) is 0 Å². The topological polar surface area (TPSA) is 72.4 Å². The highest BCUT2D eigenvalue weighted by Gasteiger charge is 2.26. The number of likely N-dealkylation sites (tertiary alicyclic amines) is 1. The first-order valence-electron chi connectivity index (χ1n) is 4.39. The third-order valence-electron chi connectivity index (χ3n) is 2.32. The first kappa shape index (κ1) is 9.48. The van der Waals surface area contributed by atoms with Crippen molar-refractivity contribution in [2.75, 3.05) is 19.6 Å². The molecule has 1 amide bonds. The number of carbonyl (C=O) groups is 1. The van der Waals surface area contributed by atoms with Crippen molar-refractivity contribution in [3.63, 3.8) is 0 Å². The molecule has 1 fully saturated rings. The number of nitrogens with two attached hydrogens (primary N) is 2. The molecular formula is C8H17N3O. The highest BCUT2D eigenvalue weighted by Crippen LogP contribution is 2.14. The van der Waals surface area contributed by atoms with Gasteiger partial charge in [0.2, 0.25) is 5.91 Å². The minimum Gasteiger partial charge on any atom is -0.341 e. The fourth-order valence-electron chi connectivity index (χ4n) is 1.51. The maximum atomic E-state index is 11.4. The molecule has 4 N–H and O–H groups in total. The van der Waals surface area contributed by atoms with Crippen LogP contribution in [0.25, 0.3) is 0 Å². The lowest BCUT2D eigenvalue weighted by Crippen LogP contribution is -2.41. The molecule has 12 heavy (non-hydrogen) atoms. The quantitative estimate of drug-likeness (QED) is 0.568. The van der Waals surface area contributed by atoms with E-state index in [0.717, 1.165) is 19.5 Å². The predicted octanol–water partition coefficient (Wildman–Crippen LogP) is -0.859. The van der Waals surface area contributed by atoms with Gasteiger partial charge in [0.15, 0.2) is 0 Å². The zero-order chi connectivity index (χ0) is 9.14. The molecule has 4 nitrogen and oxygen atoms in total. The van der Waals surface area contributed by atoms with Gasteiger partial charge >= 0.3 is 0 Å². The fourth-order valence-corrected chi connectivity index (χ4v) is 1.51. The largest absolute Gasteiger partial charge is 0.341 e. The molecule has 1 aliphatic heterocycles. The summed E-state index contributed by atoms with van der Waals surface area (Å²) < 4.78 is 0. The van der Waals surface area contributed by atoms with Crippen LogP contribution in [0.2, 0.25) is 0 Å². The van der Waals surface area contributed by atoms with E-state index in [-0.39, 0.29) is 11.9 Å². The SMILES string of the molecule is C[C@@H](N)C(=O)N1CCC(CN)C1. The average Bonchev–Trinajstić information content (AvgIpc) is 2.50. The molecule has 0 saturated carbocycles. The van der Waals surface area contributed by atoms with E-state index < -0.39 is 0 Å². The molecule has 0 aromatic heterocycles. The summed E-state index contributed by atoms with van der Waals surface area (Å²) in [7, 11) is 0. The smallest absolute Gasteiger partial charge is 0.239 e. The van der Waals surface area contributed by atoms with Crippen LogP contribution in [0.15, 0.2) is 0 Å². The van der Waals surface area contributed by atoms with Gasteiger partial charge in [0.05, 0.1) is 6.04 Å². The van der Waals surface area contributed by atoms with Gasteiger partial charge in [-0.25, -0.2) is 0 Å². The van der Waals surface area contributed by atoms with E-state index in [1.54, 1.807) is 6.92 Å². The molecule has 1 aliphatic rings. The Morgan fingerprint density at radius 1 is 1.75 bits per heavy atom. The molecule has 0 radical (unpaired) electrons. The summed E-state index contributed by atoms with van der Waals surface area (Å²) in [6, 6.07) is -0.374. The number of nitrogens with zero attached hydrogens (tertiary/aromatic N) is 1. The van der Waals surface area contributed by atoms with Crippen molar-refractivity contribution in [1.29, 1.82) is 0 Å². The highest BCUT2D eigenvalue weighted by atomic mass is 16.2. The van der Waals surface area contributed by atoms with E-state index >= 15 is 0 Å². The summed E-state index contributed by atoms with van der Waals surface area (Å²) in [5.74, 6) is 0.527. The van der Waals surface area contributed by atoms with Crippen LogP contribution in [-0.4, -0.2) is 36.5 Å². The van der Waals surface area contributed by atoms with E-state index in [1.807, 2.05) is 4.90 Å². The Morgan fingerprint density at radius 3 is 2.83 bits per heavy atom. The number of hydrogen-bond donors (Lipinski definition) is 2. The minimum atomic E-state index is -0.374. The maximum Gasteiger partial charge on any atom is 0.239 e. The molecular weight excluding hydrogens is 154 g/mol. The Hall–Kier alpha value is -0.610. The van der Waals surface area contributed by atoms with Crippen molar-refractivity contribution < 1.29 is 4.79 Å². The Kier molecular flexibility index (Phi) is 3.05. The molecule has 4 heteroatoms. The minimum absolute atomic E-state index is 0.0472. The first-order chi connectivity index (χ1) is 5.65. The summed E-state index contributed by atoms with van der Waals surface area (Å²) in [6.45, 7) is 4.00. The van der Waals surface area contributed by atoms with Gasteiger partial charge in [-0.2, -0.15) is 0 Å². The van der Waals surface area contributed by atoms with E-state index in [0.29, 0.717) is 12.5 Å². The summed E-state index contributed by atoms with van der Waals surface area (Å²) in [5, 5.41) is 0. The van der Waals surface area contributed by atoms with Crippen LogP contribution in [0, 0.1) is 5.92 Å². The predicted molar refractivity (Wildman–Crippen MR) is 47.4 cm³/mol. The van der Waals surface area contributed by atoms with Crippen molar-refractivity contribution in [3.05, 3.63) is 0 Å². The highest BCUT2D eigenvalue weighted by molar-refractivity contribution is 5.81. The normalized spacial score (nSPS) is 25.9. The second-order valence-corrected chi connectivity index (χ2v) is 3.46. The zero-order valence-electron chi connectivity index (χ0n) is 7.49. The van der Waals surface area contributed by atoms with Gasteiger partial charge in [-0.1, -0.05) is 0 Å². The number of carbonyl (C=O) groups excluding carboxylic acids is 1. The van der Waals surface area contributed by atoms with Gasteiger partial charge in [0.1, 0.15) is 0 Å². The molecule has 0 spiro atoms. The molecule has 1 heterocycles. The van der Waals surface area contributed by atoms with Gasteiger partial charge in [-0.15, -0.1) is 0 Å². The van der Waals surface area contributed by atoms with Crippen molar-refractivity contribution in [1.82, 2.24) is 4.90 Å². The fraction of sp³-hybridized carbons (Fsp3) is 0.875. The van der Waals surface area contributed by atoms with Crippen LogP contribution >= 0.6 is 0 Å². The van der Waals surface area contributed by atoms with Crippen LogP contribution in [0.3, 0.4) is 0 Å². The van der Waals surface area contributed by atoms with Crippen LogP contribution in [0.5, 0.6) is 0 Å². The Morgan fingerprint density at radius 2 is 2.42 bits per heavy atom.